The van der Waals surface area contributed by atoms with Crippen molar-refractivity contribution in [3.8, 4) is 0 Å². The Morgan fingerprint density at radius 1 is 1.03 bits per heavy atom. The van der Waals surface area contributed by atoms with Crippen molar-refractivity contribution in [2.75, 3.05) is 17.2 Å². The topological polar surface area (TPSA) is 93.8 Å². The SMILES string of the molecule is CCC1OC(N2I=Nc3c2n(Cc2ccccc2)c(/N=C/N(C)C)nc3=O)C2OC(c3ccccc3)OC12. The van der Waals surface area contributed by atoms with Crippen LogP contribution in [0.3, 0.4) is 0 Å². The molecule has 0 spiro atoms. The van der Waals surface area contributed by atoms with Crippen LogP contribution in [0.25, 0.3) is 0 Å². The third-order valence-corrected chi connectivity index (χ3v) is 8.82. The predicted octanol–water partition coefficient (Wildman–Crippen LogP) is 4.65. The zero-order valence-electron chi connectivity index (χ0n) is 21.3. The molecule has 5 atom stereocenters. The summed E-state index contributed by atoms with van der Waals surface area (Å²) < 4.78 is 28.2. The number of ether oxygens (including phenoxy) is 3. The van der Waals surface area contributed by atoms with E-state index in [0.717, 1.165) is 17.5 Å². The first-order valence-corrected chi connectivity index (χ1v) is 14.5. The molecule has 198 valence electrons. The van der Waals surface area contributed by atoms with Gasteiger partial charge >= 0.3 is 5.56 Å². The summed E-state index contributed by atoms with van der Waals surface area (Å²) in [5.41, 5.74) is 2.01. The fourth-order valence-electron chi connectivity index (χ4n) is 4.88. The van der Waals surface area contributed by atoms with Crippen LogP contribution in [0, 0.1) is 0 Å². The molecule has 3 aliphatic heterocycles. The maximum atomic E-state index is 13.1. The number of rotatable bonds is 7. The summed E-state index contributed by atoms with van der Waals surface area (Å²) in [4.78, 5) is 23.8. The molecule has 1 aromatic heterocycles. The van der Waals surface area contributed by atoms with Gasteiger partial charge in [0.2, 0.25) is 5.95 Å². The highest BCUT2D eigenvalue weighted by molar-refractivity contribution is 14.2. The summed E-state index contributed by atoms with van der Waals surface area (Å²) >= 11 is -0.956. The maximum absolute atomic E-state index is 13.1. The summed E-state index contributed by atoms with van der Waals surface area (Å²) in [6.07, 6.45) is 0.853. The lowest BCUT2D eigenvalue weighted by Crippen LogP contribution is -2.39. The fourth-order valence-corrected chi connectivity index (χ4v) is 7.14. The van der Waals surface area contributed by atoms with Gasteiger partial charge in [0, 0.05) is 19.7 Å². The van der Waals surface area contributed by atoms with E-state index in [9.17, 15) is 4.79 Å². The summed E-state index contributed by atoms with van der Waals surface area (Å²) in [6.45, 7) is 2.57. The standard InChI is InChI=1S/C27H29IN6O4/c1-4-19-21-22(38-26(37-21)18-13-9-6-10-14-18)25(36-19)34-24-20(31-28-34)23(35)30-27(29-16-32(2)3)33(24)15-17-11-7-5-8-12-17/h5-14,16,19,21-22,25-26H,4,15H2,1-3H3/b29-16+. The molecular formula is C27H29IN6O4. The van der Waals surface area contributed by atoms with Crippen LogP contribution >= 0.6 is 21.3 Å². The monoisotopic (exact) mass is 628 g/mol. The highest BCUT2D eigenvalue weighted by Crippen LogP contribution is 2.49. The molecule has 4 heterocycles. The first kappa shape index (κ1) is 25.3. The van der Waals surface area contributed by atoms with Gasteiger partial charge in [0.1, 0.15) is 33.5 Å². The van der Waals surface area contributed by atoms with E-state index >= 15 is 0 Å². The number of anilines is 1. The summed E-state index contributed by atoms with van der Waals surface area (Å²) in [6, 6.07) is 20.0. The molecule has 0 N–H and O–H groups in total. The number of nitrogens with zero attached hydrogens (tertiary/aromatic N) is 6. The van der Waals surface area contributed by atoms with E-state index in [0.29, 0.717) is 24.0 Å². The van der Waals surface area contributed by atoms with E-state index in [1.165, 1.54) is 0 Å². The molecule has 3 aromatic rings. The predicted molar refractivity (Wildman–Crippen MR) is 152 cm³/mol. The minimum Gasteiger partial charge on any atom is -0.369 e. The molecule has 0 amide bonds. The Morgan fingerprint density at radius 3 is 2.45 bits per heavy atom. The highest BCUT2D eigenvalue weighted by Gasteiger charge is 2.55. The molecule has 11 heteroatoms. The van der Waals surface area contributed by atoms with Crippen molar-refractivity contribution >= 4 is 45.1 Å². The van der Waals surface area contributed by atoms with E-state index in [-0.39, 0.29) is 23.9 Å². The lowest BCUT2D eigenvalue weighted by molar-refractivity contribution is -0.129. The van der Waals surface area contributed by atoms with Crippen LogP contribution in [-0.4, -0.2) is 59.4 Å². The zero-order valence-corrected chi connectivity index (χ0v) is 23.5. The third kappa shape index (κ3) is 4.68. The molecule has 10 nitrogen and oxygen atoms in total. The fraction of sp³-hybridized carbons (Fsp3) is 0.370. The van der Waals surface area contributed by atoms with Gasteiger partial charge in [-0.25, -0.2) is 4.99 Å². The second-order valence-corrected chi connectivity index (χ2v) is 11.5. The van der Waals surface area contributed by atoms with Crippen molar-refractivity contribution in [2.45, 2.75) is 50.7 Å². The lowest BCUT2D eigenvalue weighted by Gasteiger charge is -2.29. The Morgan fingerprint density at radius 2 is 1.74 bits per heavy atom. The average Bonchev–Trinajstić information content (AvgIpc) is 3.64. The number of hydrogen-bond acceptors (Lipinski definition) is 8. The molecule has 6 rings (SSSR count). The maximum Gasteiger partial charge on any atom is 0.303 e. The molecule has 5 unspecified atom stereocenters. The molecule has 38 heavy (non-hydrogen) atoms. The summed E-state index contributed by atoms with van der Waals surface area (Å²) in [7, 11) is 3.75. The van der Waals surface area contributed by atoms with Crippen molar-refractivity contribution in [3.63, 3.8) is 0 Å². The second kappa shape index (κ2) is 10.6. The van der Waals surface area contributed by atoms with Gasteiger partial charge in [-0.2, -0.15) is 8.13 Å². The Hall–Kier alpha value is -3.00. The second-order valence-electron chi connectivity index (χ2n) is 9.56. The first-order chi connectivity index (χ1) is 18.5. The quantitative estimate of drug-likeness (QED) is 0.163. The number of hydrogen-bond donors (Lipinski definition) is 0. The number of halogens is 1. The van der Waals surface area contributed by atoms with Crippen LogP contribution in [0.5, 0.6) is 0 Å². The van der Waals surface area contributed by atoms with Gasteiger partial charge < -0.3 is 19.1 Å². The minimum absolute atomic E-state index is 0.130. The van der Waals surface area contributed by atoms with Crippen LogP contribution in [0.1, 0.15) is 30.8 Å². The molecular weight excluding hydrogens is 599 g/mol. The van der Waals surface area contributed by atoms with Crippen LogP contribution < -0.4 is 8.67 Å². The summed E-state index contributed by atoms with van der Waals surface area (Å²) in [5, 5.41) is 0. The van der Waals surface area contributed by atoms with E-state index in [4.69, 9.17) is 17.4 Å². The van der Waals surface area contributed by atoms with Crippen LogP contribution in [0.2, 0.25) is 0 Å². The van der Waals surface area contributed by atoms with Crippen molar-refractivity contribution in [1.29, 1.82) is 0 Å². The van der Waals surface area contributed by atoms with Crippen LogP contribution in [0.15, 0.2) is 73.6 Å². The first-order valence-electron chi connectivity index (χ1n) is 12.6. The Labute approximate surface area is 231 Å². The van der Waals surface area contributed by atoms with Crippen molar-refractivity contribution < 1.29 is 14.2 Å². The van der Waals surface area contributed by atoms with Crippen molar-refractivity contribution in [2.24, 2.45) is 8.14 Å². The van der Waals surface area contributed by atoms with Crippen LogP contribution in [-0.2, 0) is 20.8 Å². The number of fused-ring (bicyclic) bond motifs is 2. The largest absolute Gasteiger partial charge is 0.369 e. The number of benzene rings is 2. The van der Waals surface area contributed by atoms with Gasteiger partial charge in [-0.15, -0.1) is 0 Å². The minimum atomic E-state index is -0.956. The third-order valence-electron chi connectivity index (χ3n) is 6.65. The number of aromatic nitrogens is 2. The Kier molecular flexibility index (Phi) is 7.08. The molecule has 0 aliphatic carbocycles. The molecule has 0 bridgehead atoms. The highest BCUT2D eigenvalue weighted by atomic mass is 127. The Bertz CT molecular complexity index is 1410. The average molecular weight is 628 g/mol. The van der Waals surface area contributed by atoms with Gasteiger partial charge in [-0.1, -0.05) is 67.6 Å². The van der Waals surface area contributed by atoms with Gasteiger partial charge in [-0.3, -0.25) is 12.5 Å². The summed E-state index contributed by atoms with van der Waals surface area (Å²) in [5.74, 6) is 1.00. The van der Waals surface area contributed by atoms with E-state index < -0.39 is 33.8 Å². The lowest BCUT2D eigenvalue weighted by atomic mass is 10.1. The van der Waals surface area contributed by atoms with Crippen molar-refractivity contribution in [3.05, 3.63) is 82.1 Å². The Balaban J connectivity index is 1.41. The molecule has 2 fully saturated rings. The molecule has 2 aromatic carbocycles. The smallest absolute Gasteiger partial charge is 0.303 e. The molecule has 0 radical (unpaired) electrons. The van der Waals surface area contributed by atoms with Crippen molar-refractivity contribution in [1.82, 2.24) is 14.5 Å². The normalized spacial score (nSPS) is 26.0. The van der Waals surface area contributed by atoms with Gasteiger partial charge in [0.15, 0.2) is 24.0 Å². The molecule has 2 saturated heterocycles. The zero-order chi connectivity index (χ0) is 26.2. The number of aliphatic imine (C=N–C) groups is 1. The molecule has 0 saturated carbocycles. The van der Waals surface area contributed by atoms with Crippen LogP contribution in [0.4, 0.5) is 17.5 Å². The molecule has 3 aliphatic rings. The van der Waals surface area contributed by atoms with Gasteiger partial charge in [0.25, 0.3) is 0 Å². The van der Waals surface area contributed by atoms with Gasteiger partial charge in [0.05, 0.1) is 19.0 Å². The van der Waals surface area contributed by atoms with E-state index in [2.05, 4.69) is 20.0 Å². The van der Waals surface area contributed by atoms with E-state index in [1.807, 2.05) is 84.2 Å². The van der Waals surface area contributed by atoms with Gasteiger partial charge in [-0.05, 0) is 12.0 Å². The van der Waals surface area contributed by atoms with E-state index in [1.54, 1.807) is 6.34 Å².